The standard InChI is InChI=1S/C17H19BrN2O2/c1-10-16(11-4-6-20(10)7-5-11)19-17(21)12-2-3-15-13(8-12)14(18)9-22-15/h2-3,8-11,16H,4-7H2,1H3,(H,19,21)/t10-,16-/m0/s1. The number of nitrogens with zero attached hydrogens (tertiary/aromatic N) is 1. The van der Waals surface area contributed by atoms with Gasteiger partial charge in [-0.3, -0.25) is 9.69 Å². The summed E-state index contributed by atoms with van der Waals surface area (Å²) in [5.41, 5.74) is 1.48. The van der Waals surface area contributed by atoms with Crippen molar-refractivity contribution in [3.05, 3.63) is 34.5 Å². The third-order valence-electron chi connectivity index (χ3n) is 5.26. The van der Waals surface area contributed by atoms with Crippen LogP contribution >= 0.6 is 15.9 Å². The molecular formula is C17H19BrN2O2. The highest BCUT2D eigenvalue weighted by Gasteiger charge is 2.40. The van der Waals surface area contributed by atoms with Gasteiger partial charge in [-0.25, -0.2) is 0 Å². The zero-order valence-corrected chi connectivity index (χ0v) is 14.1. The lowest BCUT2D eigenvalue weighted by atomic mass is 9.79. The van der Waals surface area contributed by atoms with Crippen molar-refractivity contribution in [1.29, 1.82) is 0 Å². The van der Waals surface area contributed by atoms with Gasteiger partial charge in [-0.15, -0.1) is 0 Å². The number of piperidine rings is 3. The zero-order chi connectivity index (χ0) is 15.3. The van der Waals surface area contributed by atoms with Gasteiger partial charge in [-0.1, -0.05) is 0 Å². The molecule has 4 heterocycles. The van der Waals surface area contributed by atoms with E-state index in [1.165, 1.54) is 25.9 Å². The van der Waals surface area contributed by atoms with Crippen LogP contribution in [0.2, 0.25) is 0 Å². The van der Waals surface area contributed by atoms with Crippen molar-refractivity contribution in [1.82, 2.24) is 10.2 Å². The average molecular weight is 363 g/mol. The molecule has 1 N–H and O–H groups in total. The van der Waals surface area contributed by atoms with Gasteiger partial charge >= 0.3 is 0 Å². The Hall–Kier alpha value is -1.33. The minimum absolute atomic E-state index is 0.0144. The number of rotatable bonds is 2. The third kappa shape index (κ3) is 2.27. The molecule has 0 saturated carbocycles. The molecule has 2 bridgehead atoms. The smallest absolute Gasteiger partial charge is 0.251 e. The van der Waals surface area contributed by atoms with E-state index in [-0.39, 0.29) is 11.9 Å². The van der Waals surface area contributed by atoms with E-state index in [0.29, 0.717) is 17.5 Å². The summed E-state index contributed by atoms with van der Waals surface area (Å²) >= 11 is 3.45. The van der Waals surface area contributed by atoms with Gasteiger partial charge in [-0.2, -0.15) is 0 Å². The molecule has 3 saturated heterocycles. The molecule has 2 atom stereocenters. The molecule has 2 aromatic rings. The SMILES string of the molecule is C[C@H]1[C@H](NC(=O)c2ccc3occ(Br)c3c2)C2CCN1CC2. The summed E-state index contributed by atoms with van der Waals surface area (Å²) < 4.78 is 6.29. The fourth-order valence-corrected chi connectivity index (χ4v) is 4.32. The lowest BCUT2D eigenvalue weighted by Crippen LogP contribution is -2.62. The molecule has 3 aliphatic rings. The molecular weight excluding hydrogens is 344 g/mol. The second-order valence-corrected chi connectivity index (χ2v) is 7.26. The summed E-state index contributed by atoms with van der Waals surface area (Å²) in [5.74, 6) is 0.633. The predicted octanol–water partition coefficient (Wildman–Crippen LogP) is 3.41. The maximum Gasteiger partial charge on any atom is 0.251 e. The molecule has 22 heavy (non-hydrogen) atoms. The Labute approximate surface area is 138 Å². The summed E-state index contributed by atoms with van der Waals surface area (Å²) in [4.78, 5) is 15.1. The maximum absolute atomic E-state index is 12.6. The predicted molar refractivity (Wildman–Crippen MR) is 88.9 cm³/mol. The largest absolute Gasteiger partial charge is 0.463 e. The molecule has 4 nitrogen and oxygen atoms in total. The lowest BCUT2D eigenvalue weighted by molar-refractivity contribution is 0.0217. The summed E-state index contributed by atoms with van der Waals surface area (Å²) in [6.45, 7) is 4.57. The number of furan rings is 1. The first-order valence-electron chi connectivity index (χ1n) is 7.85. The zero-order valence-electron chi connectivity index (χ0n) is 12.5. The van der Waals surface area contributed by atoms with Crippen LogP contribution in [0, 0.1) is 5.92 Å². The molecule has 0 aliphatic carbocycles. The van der Waals surface area contributed by atoms with Crippen molar-refractivity contribution in [2.75, 3.05) is 13.1 Å². The first-order chi connectivity index (χ1) is 10.6. The quantitative estimate of drug-likeness (QED) is 0.890. The van der Waals surface area contributed by atoms with Crippen LogP contribution in [0.4, 0.5) is 0 Å². The summed E-state index contributed by atoms with van der Waals surface area (Å²) in [7, 11) is 0. The molecule has 0 unspecified atom stereocenters. The lowest BCUT2D eigenvalue weighted by Gasteiger charge is -2.49. The van der Waals surface area contributed by atoms with Crippen molar-refractivity contribution in [3.8, 4) is 0 Å². The number of halogens is 1. The van der Waals surface area contributed by atoms with Crippen LogP contribution in [0.5, 0.6) is 0 Å². The van der Waals surface area contributed by atoms with Crippen LogP contribution in [-0.4, -0.2) is 36.0 Å². The van der Waals surface area contributed by atoms with Crippen molar-refractivity contribution < 1.29 is 9.21 Å². The Balaban J connectivity index is 1.57. The van der Waals surface area contributed by atoms with Gasteiger partial charge in [0.1, 0.15) is 11.8 Å². The van der Waals surface area contributed by atoms with E-state index < -0.39 is 0 Å². The fraction of sp³-hybridized carbons (Fsp3) is 0.471. The molecule has 3 fully saturated rings. The van der Waals surface area contributed by atoms with Crippen molar-refractivity contribution in [2.24, 2.45) is 5.92 Å². The van der Waals surface area contributed by atoms with Gasteiger partial charge in [-0.05, 0) is 72.9 Å². The number of fused-ring (bicyclic) bond motifs is 4. The fourth-order valence-electron chi connectivity index (χ4n) is 3.92. The van der Waals surface area contributed by atoms with Gasteiger partial charge < -0.3 is 9.73 Å². The van der Waals surface area contributed by atoms with Gasteiger partial charge in [0.2, 0.25) is 0 Å². The van der Waals surface area contributed by atoms with Crippen molar-refractivity contribution >= 4 is 32.8 Å². The number of hydrogen-bond acceptors (Lipinski definition) is 3. The van der Waals surface area contributed by atoms with E-state index in [0.717, 1.165) is 15.4 Å². The Bertz CT molecular complexity index is 717. The number of carbonyl (C=O) groups excluding carboxylic acids is 1. The van der Waals surface area contributed by atoms with Gasteiger partial charge in [0.15, 0.2) is 0 Å². The average Bonchev–Trinajstić information content (AvgIpc) is 2.92. The molecule has 0 radical (unpaired) electrons. The Morgan fingerprint density at radius 3 is 2.86 bits per heavy atom. The van der Waals surface area contributed by atoms with E-state index in [1.54, 1.807) is 6.26 Å². The van der Waals surface area contributed by atoms with E-state index in [9.17, 15) is 4.79 Å². The maximum atomic E-state index is 12.6. The highest BCUT2D eigenvalue weighted by Crippen LogP contribution is 2.32. The Morgan fingerprint density at radius 1 is 1.36 bits per heavy atom. The first kappa shape index (κ1) is 14.3. The van der Waals surface area contributed by atoms with Crippen molar-refractivity contribution in [2.45, 2.75) is 31.8 Å². The highest BCUT2D eigenvalue weighted by atomic mass is 79.9. The second kappa shape index (κ2) is 5.39. The molecule has 1 aromatic carbocycles. The second-order valence-electron chi connectivity index (χ2n) is 6.41. The normalized spacial score (nSPS) is 30.6. The molecule has 3 aliphatic heterocycles. The number of hydrogen-bond donors (Lipinski definition) is 1. The number of benzene rings is 1. The molecule has 1 aromatic heterocycles. The minimum atomic E-state index is 0.0144. The third-order valence-corrected chi connectivity index (χ3v) is 5.88. The molecule has 1 amide bonds. The van der Waals surface area contributed by atoms with Crippen LogP contribution in [-0.2, 0) is 0 Å². The molecule has 0 spiro atoms. The number of carbonyl (C=O) groups is 1. The first-order valence-corrected chi connectivity index (χ1v) is 8.64. The Morgan fingerprint density at radius 2 is 2.14 bits per heavy atom. The highest BCUT2D eigenvalue weighted by molar-refractivity contribution is 9.10. The summed E-state index contributed by atoms with van der Waals surface area (Å²) in [6, 6.07) is 6.28. The van der Waals surface area contributed by atoms with E-state index in [4.69, 9.17) is 4.42 Å². The van der Waals surface area contributed by atoms with Crippen molar-refractivity contribution in [3.63, 3.8) is 0 Å². The molecule has 5 rings (SSSR count). The monoisotopic (exact) mass is 362 g/mol. The summed E-state index contributed by atoms with van der Waals surface area (Å²) in [6.07, 6.45) is 4.05. The van der Waals surface area contributed by atoms with Crippen LogP contribution in [0.25, 0.3) is 11.0 Å². The van der Waals surface area contributed by atoms with Gasteiger partial charge in [0.05, 0.1) is 4.47 Å². The topological polar surface area (TPSA) is 45.5 Å². The summed E-state index contributed by atoms with van der Waals surface area (Å²) in [5, 5.41) is 4.21. The number of nitrogens with one attached hydrogen (secondary N) is 1. The van der Waals surface area contributed by atoms with E-state index in [2.05, 4.69) is 33.1 Å². The number of amides is 1. The van der Waals surface area contributed by atoms with Gasteiger partial charge in [0.25, 0.3) is 5.91 Å². The van der Waals surface area contributed by atoms with Crippen LogP contribution < -0.4 is 5.32 Å². The Kier molecular flexibility index (Phi) is 3.50. The minimum Gasteiger partial charge on any atom is -0.463 e. The van der Waals surface area contributed by atoms with Crippen LogP contribution in [0.15, 0.2) is 33.4 Å². The van der Waals surface area contributed by atoms with E-state index >= 15 is 0 Å². The molecule has 5 heteroatoms. The van der Waals surface area contributed by atoms with Crippen LogP contribution in [0.1, 0.15) is 30.1 Å². The molecule has 116 valence electrons. The van der Waals surface area contributed by atoms with Crippen LogP contribution in [0.3, 0.4) is 0 Å². The van der Waals surface area contributed by atoms with Gasteiger partial charge in [0, 0.05) is 23.0 Å². The van der Waals surface area contributed by atoms with E-state index in [1.807, 2.05) is 18.2 Å².